The van der Waals surface area contributed by atoms with E-state index in [1.165, 1.54) is 7.11 Å². The molecular formula is C12H15BrN2O2. The Balaban J connectivity index is 2.09. The molecule has 2 heterocycles. The van der Waals surface area contributed by atoms with Crippen LogP contribution in [-0.2, 0) is 9.53 Å². The topological polar surface area (TPSA) is 42.4 Å². The summed E-state index contributed by atoms with van der Waals surface area (Å²) in [5.74, 6) is 0.757. The zero-order chi connectivity index (χ0) is 12.3. The van der Waals surface area contributed by atoms with Gasteiger partial charge in [0.1, 0.15) is 10.4 Å². The van der Waals surface area contributed by atoms with Crippen molar-refractivity contribution in [1.29, 1.82) is 0 Å². The number of nitrogens with zero attached hydrogens (tertiary/aromatic N) is 2. The zero-order valence-electron chi connectivity index (χ0n) is 9.73. The maximum Gasteiger partial charge on any atom is 0.310 e. The van der Waals surface area contributed by atoms with E-state index in [4.69, 9.17) is 4.74 Å². The van der Waals surface area contributed by atoms with Gasteiger partial charge in [-0.1, -0.05) is 6.07 Å². The summed E-state index contributed by atoms with van der Waals surface area (Å²) in [4.78, 5) is 18.1. The highest BCUT2D eigenvalue weighted by Crippen LogP contribution is 2.23. The monoisotopic (exact) mass is 298 g/mol. The van der Waals surface area contributed by atoms with Gasteiger partial charge in [0, 0.05) is 13.1 Å². The van der Waals surface area contributed by atoms with Gasteiger partial charge in [-0.2, -0.15) is 0 Å². The third-order valence-corrected chi connectivity index (χ3v) is 3.42. The smallest absolute Gasteiger partial charge is 0.310 e. The molecule has 1 saturated heterocycles. The molecule has 0 amide bonds. The third-order valence-electron chi connectivity index (χ3n) is 2.98. The van der Waals surface area contributed by atoms with Crippen LogP contribution in [0, 0.1) is 5.92 Å². The maximum absolute atomic E-state index is 11.5. The fourth-order valence-corrected chi connectivity index (χ4v) is 2.45. The van der Waals surface area contributed by atoms with Crippen molar-refractivity contribution in [1.82, 2.24) is 4.98 Å². The Hall–Kier alpha value is -1.10. The summed E-state index contributed by atoms with van der Waals surface area (Å²) in [6.07, 6.45) is 1.89. The second kappa shape index (κ2) is 5.49. The first-order valence-electron chi connectivity index (χ1n) is 5.66. The van der Waals surface area contributed by atoms with E-state index < -0.39 is 0 Å². The van der Waals surface area contributed by atoms with Crippen molar-refractivity contribution < 1.29 is 9.53 Å². The second-order valence-electron chi connectivity index (χ2n) is 4.13. The van der Waals surface area contributed by atoms with Crippen LogP contribution in [0.5, 0.6) is 0 Å². The Morgan fingerprint density at radius 2 is 2.41 bits per heavy atom. The Morgan fingerprint density at radius 3 is 3.12 bits per heavy atom. The minimum atomic E-state index is -0.121. The molecule has 0 spiro atoms. The number of hydrogen-bond acceptors (Lipinski definition) is 4. The highest BCUT2D eigenvalue weighted by Gasteiger charge is 2.27. The van der Waals surface area contributed by atoms with E-state index in [2.05, 4.69) is 25.8 Å². The molecule has 17 heavy (non-hydrogen) atoms. The quantitative estimate of drug-likeness (QED) is 0.620. The standard InChI is InChI=1S/C12H15BrN2O2/c1-17-12(16)9-4-3-7-15(8-9)11-6-2-5-10(13)14-11/h2,5-6,9H,3-4,7-8H2,1H3. The summed E-state index contributed by atoms with van der Waals surface area (Å²) in [6, 6.07) is 5.81. The number of piperidine rings is 1. The van der Waals surface area contributed by atoms with E-state index in [-0.39, 0.29) is 11.9 Å². The first-order valence-corrected chi connectivity index (χ1v) is 6.45. The van der Waals surface area contributed by atoms with Crippen LogP contribution in [0.4, 0.5) is 5.82 Å². The van der Waals surface area contributed by atoms with Crippen LogP contribution < -0.4 is 4.90 Å². The zero-order valence-corrected chi connectivity index (χ0v) is 11.3. The van der Waals surface area contributed by atoms with Crippen molar-refractivity contribution in [2.24, 2.45) is 5.92 Å². The Morgan fingerprint density at radius 1 is 1.59 bits per heavy atom. The summed E-state index contributed by atoms with van der Waals surface area (Å²) in [6.45, 7) is 1.63. The molecule has 1 fully saturated rings. The molecule has 1 aliphatic rings. The predicted molar refractivity (Wildman–Crippen MR) is 68.9 cm³/mol. The van der Waals surface area contributed by atoms with Crippen molar-refractivity contribution >= 4 is 27.7 Å². The number of rotatable bonds is 2. The van der Waals surface area contributed by atoms with Crippen LogP contribution in [-0.4, -0.2) is 31.2 Å². The van der Waals surface area contributed by atoms with Gasteiger partial charge >= 0.3 is 5.97 Å². The van der Waals surface area contributed by atoms with Crippen LogP contribution in [0.3, 0.4) is 0 Å². The normalized spacial score (nSPS) is 20.1. The fraction of sp³-hybridized carbons (Fsp3) is 0.500. The summed E-state index contributed by atoms with van der Waals surface area (Å²) in [5, 5.41) is 0. The van der Waals surface area contributed by atoms with Crippen LogP contribution in [0.25, 0.3) is 0 Å². The van der Waals surface area contributed by atoms with Crippen molar-refractivity contribution in [3.05, 3.63) is 22.8 Å². The van der Waals surface area contributed by atoms with E-state index in [9.17, 15) is 4.79 Å². The molecule has 1 aliphatic heterocycles. The maximum atomic E-state index is 11.5. The number of hydrogen-bond donors (Lipinski definition) is 0. The SMILES string of the molecule is COC(=O)C1CCCN(c2cccc(Br)n2)C1. The first-order chi connectivity index (χ1) is 8.20. The average molecular weight is 299 g/mol. The largest absolute Gasteiger partial charge is 0.469 e. The van der Waals surface area contributed by atoms with Gasteiger partial charge in [-0.05, 0) is 40.9 Å². The van der Waals surface area contributed by atoms with Gasteiger partial charge in [0.2, 0.25) is 0 Å². The van der Waals surface area contributed by atoms with Crippen molar-refractivity contribution in [3.8, 4) is 0 Å². The van der Waals surface area contributed by atoms with Crippen LogP contribution >= 0.6 is 15.9 Å². The highest BCUT2D eigenvalue weighted by molar-refractivity contribution is 9.10. The molecular weight excluding hydrogens is 284 g/mol. The molecule has 1 unspecified atom stereocenters. The highest BCUT2D eigenvalue weighted by atomic mass is 79.9. The van der Waals surface area contributed by atoms with Gasteiger partial charge in [0.05, 0.1) is 13.0 Å². The Labute approximate surface area is 109 Å². The number of carbonyl (C=O) groups excluding carboxylic acids is 1. The number of pyridine rings is 1. The molecule has 2 rings (SSSR count). The number of methoxy groups -OCH3 is 1. The number of ether oxygens (including phenoxy) is 1. The van der Waals surface area contributed by atoms with E-state index in [1.807, 2.05) is 18.2 Å². The minimum absolute atomic E-state index is 0.0328. The number of carbonyl (C=O) groups is 1. The van der Waals surface area contributed by atoms with E-state index >= 15 is 0 Å². The third kappa shape index (κ3) is 2.97. The van der Waals surface area contributed by atoms with Gasteiger partial charge in [-0.3, -0.25) is 4.79 Å². The fourth-order valence-electron chi connectivity index (χ4n) is 2.12. The van der Waals surface area contributed by atoms with Crippen molar-refractivity contribution in [3.63, 3.8) is 0 Å². The van der Waals surface area contributed by atoms with Gasteiger partial charge in [0.15, 0.2) is 0 Å². The van der Waals surface area contributed by atoms with Gasteiger partial charge in [0.25, 0.3) is 0 Å². The van der Waals surface area contributed by atoms with Crippen LogP contribution in [0.15, 0.2) is 22.8 Å². The molecule has 0 aromatic carbocycles. The van der Waals surface area contributed by atoms with Crippen molar-refractivity contribution in [2.75, 3.05) is 25.1 Å². The van der Waals surface area contributed by atoms with E-state index in [0.29, 0.717) is 6.54 Å². The molecule has 1 aromatic heterocycles. The summed E-state index contributed by atoms with van der Waals surface area (Å²) in [5.41, 5.74) is 0. The molecule has 1 aromatic rings. The molecule has 0 bridgehead atoms. The molecule has 0 aliphatic carbocycles. The Kier molecular flexibility index (Phi) is 3.99. The lowest BCUT2D eigenvalue weighted by Crippen LogP contribution is -2.39. The number of anilines is 1. The summed E-state index contributed by atoms with van der Waals surface area (Å²) < 4.78 is 5.62. The molecule has 0 saturated carbocycles. The lowest BCUT2D eigenvalue weighted by Gasteiger charge is -2.32. The second-order valence-corrected chi connectivity index (χ2v) is 4.94. The Bertz CT molecular complexity index is 411. The van der Waals surface area contributed by atoms with Crippen LogP contribution in [0.2, 0.25) is 0 Å². The number of aromatic nitrogens is 1. The van der Waals surface area contributed by atoms with E-state index in [0.717, 1.165) is 29.8 Å². The molecule has 0 radical (unpaired) electrons. The minimum Gasteiger partial charge on any atom is -0.469 e. The summed E-state index contributed by atoms with van der Waals surface area (Å²) >= 11 is 3.36. The molecule has 4 nitrogen and oxygen atoms in total. The van der Waals surface area contributed by atoms with Gasteiger partial charge in [-0.15, -0.1) is 0 Å². The van der Waals surface area contributed by atoms with E-state index in [1.54, 1.807) is 0 Å². The molecule has 1 atom stereocenters. The van der Waals surface area contributed by atoms with Crippen molar-refractivity contribution in [2.45, 2.75) is 12.8 Å². The predicted octanol–water partition coefficient (Wildman–Crippen LogP) is 2.23. The summed E-state index contributed by atoms with van der Waals surface area (Å²) in [7, 11) is 1.44. The lowest BCUT2D eigenvalue weighted by atomic mass is 9.98. The molecule has 92 valence electrons. The first kappa shape index (κ1) is 12.4. The van der Waals surface area contributed by atoms with Gasteiger partial charge in [-0.25, -0.2) is 4.98 Å². The van der Waals surface area contributed by atoms with Crippen LogP contribution in [0.1, 0.15) is 12.8 Å². The molecule has 5 heteroatoms. The van der Waals surface area contributed by atoms with Gasteiger partial charge < -0.3 is 9.64 Å². The average Bonchev–Trinajstić information content (AvgIpc) is 2.38. The number of esters is 1. The number of halogens is 1. The lowest BCUT2D eigenvalue weighted by molar-refractivity contribution is -0.145. The molecule has 0 N–H and O–H groups in total.